The predicted molar refractivity (Wildman–Crippen MR) is 124 cm³/mol. The van der Waals surface area contributed by atoms with E-state index in [0.29, 0.717) is 5.92 Å². The smallest absolute Gasteiger partial charge is 0.191 e. The molecule has 152 valence electrons. The number of nitrogens with zero attached hydrogens (tertiary/aromatic N) is 2. The van der Waals surface area contributed by atoms with Gasteiger partial charge in [-0.2, -0.15) is 0 Å². The van der Waals surface area contributed by atoms with E-state index in [1.54, 1.807) is 0 Å². The lowest BCUT2D eigenvalue weighted by Gasteiger charge is -2.18. The van der Waals surface area contributed by atoms with Crippen molar-refractivity contribution in [1.82, 2.24) is 10.6 Å². The van der Waals surface area contributed by atoms with Crippen molar-refractivity contribution >= 4 is 35.6 Å². The number of guanidine groups is 1. The lowest BCUT2D eigenvalue weighted by molar-refractivity contribution is 0.123. The molecule has 1 saturated heterocycles. The van der Waals surface area contributed by atoms with Gasteiger partial charge in [-0.05, 0) is 56.6 Å². The van der Waals surface area contributed by atoms with Gasteiger partial charge in [0.1, 0.15) is 0 Å². The lowest BCUT2D eigenvalue weighted by Crippen LogP contribution is -2.38. The SMILES string of the molecule is CCNC(=NCC1CCN(c2ccccc2)C1)NCCCOCC1CC1.I. The molecular weight excluding hydrogens is 451 g/mol. The monoisotopic (exact) mass is 486 g/mol. The van der Waals surface area contributed by atoms with Crippen LogP contribution in [0.15, 0.2) is 35.3 Å². The van der Waals surface area contributed by atoms with Gasteiger partial charge in [0.25, 0.3) is 0 Å². The molecule has 1 heterocycles. The molecule has 1 saturated carbocycles. The molecule has 2 aliphatic rings. The Balaban J connectivity index is 0.00000261. The van der Waals surface area contributed by atoms with Crippen LogP contribution in [0.2, 0.25) is 0 Å². The van der Waals surface area contributed by atoms with Gasteiger partial charge in [-0.25, -0.2) is 0 Å². The van der Waals surface area contributed by atoms with Crippen LogP contribution in [-0.2, 0) is 4.74 Å². The van der Waals surface area contributed by atoms with E-state index in [1.165, 1.54) is 24.9 Å². The van der Waals surface area contributed by atoms with Crippen LogP contribution >= 0.6 is 24.0 Å². The Labute approximate surface area is 181 Å². The maximum absolute atomic E-state index is 5.69. The van der Waals surface area contributed by atoms with Crippen LogP contribution in [0.4, 0.5) is 5.69 Å². The van der Waals surface area contributed by atoms with Crippen molar-refractivity contribution in [3.8, 4) is 0 Å². The molecule has 2 fully saturated rings. The van der Waals surface area contributed by atoms with Gasteiger partial charge in [0.2, 0.25) is 0 Å². The Hall–Kier alpha value is -1.02. The molecule has 0 radical (unpaired) electrons. The van der Waals surface area contributed by atoms with Crippen LogP contribution in [0.25, 0.3) is 0 Å². The summed E-state index contributed by atoms with van der Waals surface area (Å²) in [6.07, 6.45) is 4.96. The van der Waals surface area contributed by atoms with Gasteiger partial charge < -0.3 is 20.3 Å². The summed E-state index contributed by atoms with van der Waals surface area (Å²) >= 11 is 0. The van der Waals surface area contributed by atoms with E-state index in [0.717, 1.165) is 64.2 Å². The Morgan fingerprint density at radius 3 is 2.70 bits per heavy atom. The van der Waals surface area contributed by atoms with Gasteiger partial charge in [0, 0.05) is 51.6 Å². The Kier molecular flexibility index (Phi) is 10.3. The molecule has 1 aromatic carbocycles. The average Bonchev–Trinajstić information content (AvgIpc) is 3.38. The van der Waals surface area contributed by atoms with Gasteiger partial charge in [0.15, 0.2) is 5.96 Å². The molecule has 27 heavy (non-hydrogen) atoms. The number of aliphatic imine (C=N–C) groups is 1. The van der Waals surface area contributed by atoms with Crippen molar-refractivity contribution in [2.24, 2.45) is 16.8 Å². The van der Waals surface area contributed by atoms with Crippen LogP contribution in [0.5, 0.6) is 0 Å². The van der Waals surface area contributed by atoms with Gasteiger partial charge in [0.05, 0.1) is 0 Å². The number of nitrogens with one attached hydrogen (secondary N) is 2. The third kappa shape index (κ3) is 8.25. The van der Waals surface area contributed by atoms with Gasteiger partial charge >= 0.3 is 0 Å². The second-order valence-corrected chi connectivity index (χ2v) is 7.45. The summed E-state index contributed by atoms with van der Waals surface area (Å²) in [4.78, 5) is 7.28. The molecule has 0 bridgehead atoms. The fraction of sp³-hybridized carbons (Fsp3) is 0.667. The highest BCUT2D eigenvalue weighted by Crippen LogP contribution is 2.28. The minimum atomic E-state index is 0. The fourth-order valence-electron chi connectivity index (χ4n) is 3.33. The summed E-state index contributed by atoms with van der Waals surface area (Å²) in [7, 11) is 0. The molecular formula is C21H35IN4O. The summed E-state index contributed by atoms with van der Waals surface area (Å²) in [6, 6.07) is 10.7. The molecule has 0 aromatic heterocycles. The van der Waals surface area contributed by atoms with E-state index in [4.69, 9.17) is 9.73 Å². The topological polar surface area (TPSA) is 48.9 Å². The molecule has 1 aromatic rings. The van der Waals surface area contributed by atoms with Gasteiger partial charge in [-0.3, -0.25) is 4.99 Å². The third-order valence-corrected chi connectivity index (χ3v) is 5.07. The zero-order valence-corrected chi connectivity index (χ0v) is 18.9. The molecule has 1 unspecified atom stereocenters. The zero-order valence-electron chi connectivity index (χ0n) is 16.5. The Morgan fingerprint density at radius 2 is 1.96 bits per heavy atom. The molecule has 1 aliphatic heterocycles. The number of halogens is 1. The highest BCUT2D eigenvalue weighted by molar-refractivity contribution is 14.0. The molecule has 3 rings (SSSR count). The van der Waals surface area contributed by atoms with Crippen LogP contribution in [-0.4, -0.2) is 51.9 Å². The highest BCUT2D eigenvalue weighted by Gasteiger charge is 2.22. The fourth-order valence-corrected chi connectivity index (χ4v) is 3.33. The first-order valence-electron chi connectivity index (χ1n) is 10.2. The summed E-state index contributed by atoms with van der Waals surface area (Å²) in [5.41, 5.74) is 1.33. The standard InChI is InChI=1S/C21H34N4O.HI/c1-2-22-21(23-12-6-14-26-17-18-9-10-18)24-15-19-11-13-25(16-19)20-7-4-3-5-8-20;/h3-5,7-8,18-19H,2,6,9-17H2,1H3,(H2,22,23,24);1H. The summed E-state index contributed by atoms with van der Waals surface area (Å²) in [6.45, 7) is 8.83. The predicted octanol–water partition coefficient (Wildman–Crippen LogP) is 3.50. The van der Waals surface area contributed by atoms with E-state index in [-0.39, 0.29) is 24.0 Å². The maximum Gasteiger partial charge on any atom is 0.191 e. The number of anilines is 1. The molecule has 0 amide bonds. The minimum Gasteiger partial charge on any atom is -0.381 e. The summed E-state index contributed by atoms with van der Waals surface area (Å²) < 4.78 is 5.69. The van der Waals surface area contributed by atoms with E-state index >= 15 is 0 Å². The first kappa shape index (κ1) is 22.3. The van der Waals surface area contributed by atoms with E-state index < -0.39 is 0 Å². The van der Waals surface area contributed by atoms with E-state index in [9.17, 15) is 0 Å². The summed E-state index contributed by atoms with van der Waals surface area (Å²) in [5, 5.41) is 6.79. The van der Waals surface area contributed by atoms with Crippen molar-refractivity contribution in [3.63, 3.8) is 0 Å². The van der Waals surface area contributed by atoms with Gasteiger partial charge in [-0.1, -0.05) is 18.2 Å². The number of benzene rings is 1. The van der Waals surface area contributed by atoms with Crippen molar-refractivity contribution in [3.05, 3.63) is 30.3 Å². The zero-order chi connectivity index (χ0) is 18.0. The van der Waals surface area contributed by atoms with Crippen molar-refractivity contribution in [1.29, 1.82) is 0 Å². The average molecular weight is 486 g/mol. The minimum absolute atomic E-state index is 0. The van der Waals surface area contributed by atoms with Crippen LogP contribution in [0, 0.1) is 11.8 Å². The second-order valence-electron chi connectivity index (χ2n) is 7.45. The van der Waals surface area contributed by atoms with Crippen LogP contribution < -0.4 is 15.5 Å². The highest BCUT2D eigenvalue weighted by atomic mass is 127. The lowest BCUT2D eigenvalue weighted by atomic mass is 10.1. The van der Waals surface area contributed by atoms with E-state index in [2.05, 4.69) is 52.8 Å². The van der Waals surface area contributed by atoms with Gasteiger partial charge in [-0.15, -0.1) is 24.0 Å². The summed E-state index contributed by atoms with van der Waals surface area (Å²) in [5.74, 6) is 2.42. The Bertz CT molecular complexity index is 550. The van der Waals surface area contributed by atoms with Crippen molar-refractivity contribution in [2.75, 3.05) is 50.8 Å². The molecule has 5 nitrogen and oxygen atoms in total. The first-order valence-corrected chi connectivity index (χ1v) is 10.2. The third-order valence-electron chi connectivity index (χ3n) is 5.07. The number of rotatable bonds is 10. The quantitative estimate of drug-likeness (QED) is 0.230. The van der Waals surface area contributed by atoms with Crippen LogP contribution in [0.3, 0.4) is 0 Å². The second kappa shape index (κ2) is 12.4. The molecule has 1 atom stereocenters. The first-order chi connectivity index (χ1) is 12.8. The number of para-hydroxylation sites is 1. The maximum atomic E-state index is 5.69. The molecule has 2 N–H and O–H groups in total. The van der Waals surface area contributed by atoms with Crippen molar-refractivity contribution in [2.45, 2.75) is 32.6 Å². The number of hydrogen-bond donors (Lipinski definition) is 2. The molecule has 0 spiro atoms. The van der Waals surface area contributed by atoms with E-state index in [1.807, 2.05) is 0 Å². The van der Waals surface area contributed by atoms with Crippen molar-refractivity contribution < 1.29 is 4.74 Å². The Morgan fingerprint density at radius 1 is 1.15 bits per heavy atom. The molecule has 1 aliphatic carbocycles. The largest absolute Gasteiger partial charge is 0.381 e. The number of ether oxygens (including phenoxy) is 1. The van der Waals surface area contributed by atoms with Crippen LogP contribution in [0.1, 0.15) is 32.6 Å². The number of hydrogen-bond acceptors (Lipinski definition) is 3. The molecule has 6 heteroatoms. The normalized spacial score (nSPS) is 19.7.